The molecule has 6 heteroatoms. The van der Waals surface area contributed by atoms with Crippen molar-refractivity contribution >= 4 is 34.4 Å². The molecular formula is C13H13N3O2S. The Hall–Kier alpha value is -1.82. The number of thioether (sulfide) groups is 1. The zero-order chi connectivity index (χ0) is 13.4. The average Bonchev–Trinajstić information content (AvgIpc) is 2.68. The average molecular weight is 275 g/mol. The fourth-order valence-electron chi connectivity index (χ4n) is 2.00. The summed E-state index contributed by atoms with van der Waals surface area (Å²) in [7, 11) is 0. The summed E-state index contributed by atoms with van der Waals surface area (Å²) in [5.41, 5.74) is 1.64. The summed E-state index contributed by atoms with van der Waals surface area (Å²) in [4.78, 5) is 27.4. The molecule has 0 aromatic heterocycles. The number of carbonyl (C=O) groups is 2. The first-order chi connectivity index (χ1) is 9.13. The van der Waals surface area contributed by atoms with E-state index in [0.29, 0.717) is 17.0 Å². The van der Waals surface area contributed by atoms with E-state index in [9.17, 15) is 9.59 Å². The van der Waals surface area contributed by atoms with Crippen molar-refractivity contribution in [2.45, 2.75) is 6.92 Å². The van der Waals surface area contributed by atoms with Gasteiger partial charge in [-0.1, -0.05) is 18.7 Å². The Morgan fingerprint density at radius 1 is 1.32 bits per heavy atom. The molecule has 1 aromatic carbocycles. The summed E-state index contributed by atoms with van der Waals surface area (Å²) < 4.78 is 0. The van der Waals surface area contributed by atoms with Crippen molar-refractivity contribution in [1.82, 2.24) is 5.32 Å². The number of amides is 2. The van der Waals surface area contributed by atoms with E-state index in [0.717, 1.165) is 23.2 Å². The van der Waals surface area contributed by atoms with E-state index in [-0.39, 0.29) is 11.8 Å². The minimum atomic E-state index is -0.337. The van der Waals surface area contributed by atoms with Crippen molar-refractivity contribution in [3.8, 4) is 0 Å². The number of aliphatic imine (C=N–C) groups is 1. The monoisotopic (exact) mass is 275 g/mol. The smallest absolute Gasteiger partial charge is 0.259 e. The molecule has 1 aromatic rings. The van der Waals surface area contributed by atoms with Crippen LogP contribution in [0.1, 0.15) is 27.6 Å². The van der Waals surface area contributed by atoms with E-state index in [4.69, 9.17) is 0 Å². The zero-order valence-corrected chi connectivity index (χ0v) is 11.2. The molecule has 0 saturated carbocycles. The van der Waals surface area contributed by atoms with Gasteiger partial charge in [-0.3, -0.25) is 19.9 Å². The molecule has 5 nitrogen and oxygen atoms in total. The molecular weight excluding hydrogens is 262 g/mol. The van der Waals surface area contributed by atoms with Crippen molar-refractivity contribution in [2.75, 3.05) is 17.6 Å². The normalized spacial score (nSPS) is 21.7. The second kappa shape index (κ2) is 4.70. The van der Waals surface area contributed by atoms with Crippen LogP contribution in [0, 0.1) is 5.92 Å². The molecule has 19 heavy (non-hydrogen) atoms. The van der Waals surface area contributed by atoms with Gasteiger partial charge in [0.05, 0.1) is 11.1 Å². The first-order valence-corrected chi connectivity index (χ1v) is 7.06. The minimum Gasteiger partial charge on any atom is -0.335 e. The van der Waals surface area contributed by atoms with Crippen molar-refractivity contribution < 1.29 is 9.59 Å². The molecule has 0 radical (unpaired) electrons. The Bertz CT molecular complexity index is 598. The first-order valence-electron chi connectivity index (χ1n) is 6.07. The van der Waals surface area contributed by atoms with E-state index in [1.807, 2.05) is 0 Å². The Balaban J connectivity index is 1.82. The van der Waals surface area contributed by atoms with Gasteiger partial charge in [0, 0.05) is 18.0 Å². The molecule has 2 aliphatic rings. The molecule has 0 aliphatic carbocycles. The SMILES string of the molecule is CC1CN=C(Nc2ccc3c(c2)C(=O)NC3=O)SC1. The van der Waals surface area contributed by atoms with Crippen molar-refractivity contribution in [3.63, 3.8) is 0 Å². The van der Waals surface area contributed by atoms with Crippen LogP contribution in [0.2, 0.25) is 0 Å². The van der Waals surface area contributed by atoms with Crippen LogP contribution in [0.4, 0.5) is 5.69 Å². The van der Waals surface area contributed by atoms with Gasteiger partial charge in [0.25, 0.3) is 11.8 Å². The quantitative estimate of drug-likeness (QED) is 0.766. The molecule has 2 heterocycles. The fraction of sp³-hybridized carbons (Fsp3) is 0.308. The highest BCUT2D eigenvalue weighted by Crippen LogP contribution is 2.23. The number of nitrogens with one attached hydrogen (secondary N) is 2. The number of carbonyl (C=O) groups excluding carboxylic acids is 2. The number of rotatable bonds is 1. The summed E-state index contributed by atoms with van der Waals surface area (Å²) in [6.07, 6.45) is 0. The maximum Gasteiger partial charge on any atom is 0.259 e. The summed E-state index contributed by atoms with van der Waals surface area (Å²) >= 11 is 1.67. The highest BCUT2D eigenvalue weighted by Gasteiger charge is 2.26. The van der Waals surface area contributed by atoms with Gasteiger partial charge < -0.3 is 5.32 Å². The molecule has 1 atom stereocenters. The number of amidine groups is 1. The van der Waals surface area contributed by atoms with Crippen molar-refractivity contribution in [3.05, 3.63) is 29.3 Å². The molecule has 1 unspecified atom stereocenters. The zero-order valence-electron chi connectivity index (χ0n) is 10.4. The van der Waals surface area contributed by atoms with Gasteiger partial charge >= 0.3 is 0 Å². The van der Waals surface area contributed by atoms with Gasteiger partial charge in [0.15, 0.2) is 5.17 Å². The molecule has 2 aliphatic heterocycles. The van der Waals surface area contributed by atoms with Gasteiger partial charge in [-0.2, -0.15) is 0 Å². The van der Waals surface area contributed by atoms with E-state index < -0.39 is 0 Å². The van der Waals surface area contributed by atoms with Gasteiger partial charge in [0.2, 0.25) is 0 Å². The Morgan fingerprint density at radius 3 is 2.84 bits per heavy atom. The summed E-state index contributed by atoms with van der Waals surface area (Å²) in [6.45, 7) is 2.98. The van der Waals surface area contributed by atoms with Crippen LogP contribution >= 0.6 is 11.8 Å². The first kappa shape index (κ1) is 12.2. The third-order valence-corrected chi connectivity index (χ3v) is 4.28. The molecule has 2 amide bonds. The third-order valence-electron chi connectivity index (χ3n) is 3.04. The maximum atomic E-state index is 11.6. The molecule has 0 saturated heterocycles. The van der Waals surface area contributed by atoms with E-state index in [2.05, 4.69) is 22.5 Å². The van der Waals surface area contributed by atoms with E-state index >= 15 is 0 Å². The van der Waals surface area contributed by atoms with Crippen LogP contribution in [0.15, 0.2) is 23.2 Å². The summed E-state index contributed by atoms with van der Waals surface area (Å²) in [5.74, 6) is 0.967. The minimum absolute atomic E-state index is 0.329. The molecule has 2 N–H and O–H groups in total. The largest absolute Gasteiger partial charge is 0.335 e. The number of imide groups is 1. The van der Waals surface area contributed by atoms with Gasteiger partial charge in [-0.15, -0.1) is 0 Å². The topological polar surface area (TPSA) is 70.6 Å². The summed E-state index contributed by atoms with van der Waals surface area (Å²) in [5, 5.41) is 6.33. The number of benzene rings is 1. The lowest BCUT2D eigenvalue weighted by molar-refractivity contribution is 0.0879. The maximum absolute atomic E-state index is 11.6. The predicted molar refractivity (Wildman–Crippen MR) is 75.8 cm³/mol. The Morgan fingerprint density at radius 2 is 2.11 bits per heavy atom. The molecule has 0 bridgehead atoms. The molecule has 98 valence electrons. The van der Waals surface area contributed by atoms with Gasteiger partial charge in [-0.05, 0) is 24.1 Å². The van der Waals surface area contributed by atoms with E-state index in [1.54, 1.807) is 30.0 Å². The Kier molecular flexibility index (Phi) is 3.02. The van der Waals surface area contributed by atoms with Crippen LogP contribution in [0.25, 0.3) is 0 Å². The summed E-state index contributed by atoms with van der Waals surface area (Å²) in [6, 6.07) is 5.14. The molecule has 0 spiro atoms. The predicted octanol–water partition coefficient (Wildman–Crippen LogP) is 1.72. The number of hydrogen-bond donors (Lipinski definition) is 2. The van der Waals surface area contributed by atoms with Crippen molar-refractivity contribution in [2.24, 2.45) is 10.9 Å². The molecule has 0 fully saturated rings. The highest BCUT2D eigenvalue weighted by molar-refractivity contribution is 8.14. The van der Waals surface area contributed by atoms with Crippen LogP contribution in [-0.2, 0) is 0 Å². The number of anilines is 1. The third kappa shape index (κ3) is 2.35. The van der Waals surface area contributed by atoms with Gasteiger partial charge in [0.1, 0.15) is 0 Å². The van der Waals surface area contributed by atoms with Crippen LogP contribution in [0.5, 0.6) is 0 Å². The number of nitrogens with zero attached hydrogens (tertiary/aromatic N) is 1. The fourth-order valence-corrected chi connectivity index (χ4v) is 2.91. The van der Waals surface area contributed by atoms with Gasteiger partial charge in [-0.25, -0.2) is 0 Å². The van der Waals surface area contributed by atoms with Crippen LogP contribution < -0.4 is 10.6 Å². The number of hydrogen-bond acceptors (Lipinski definition) is 5. The second-order valence-electron chi connectivity index (χ2n) is 4.73. The second-order valence-corrected chi connectivity index (χ2v) is 5.74. The lowest BCUT2D eigenvalue weighted by Crippen LogP contribution is -2.20. The van der Waals surface area contributed by atoms with Crippen LogP contribution in [-0.4, -0.2) is 29.3 Å². The highest BCUT2D eigenvalue weighted by atomic mass is 32.2. The van der Waals surface area contributed by atoms with E-state index in [1.165, 1.54) is 0 Å². The lowest BCUT2D eigenvalue weighted by Gasteiger charge is -2.18. The standard InChI is InChI=1S/C13H13N3O2S/c1-7-5-14-13(19-6-7)15-8-2-3-9-10(4-8)12(18)16-11(9)17/h2-4,7H,5-6H2,1H3,(H,14,15)(H,16,17,18). The lowest BCUT2D eigenvalue weighted by atomic mass is 10.1. The molecule has 3 rings (SSSR count). The number of fused-ring (bicyclic) bond motifs is 1. The van der Waals surface area contributed by atoms with Crippen molar-refractivity contribution in [1.29, 1.82) is 0 Å². The Labute approximate surface area is 114 Å². The van der Waals surface area contributed by atoms with Crippen LogP contribution in [0.3, 0.4) is 0 Å².